The molecular formula is C20H19F2N5OS. The van der Waals surface area contributed by atoms with Crippen LogP contribution in [0.2, 0.25) is 0 Å². The Morgan fingerprint density at radius 3 is 2.52 bits per heavy atom. The van der Waals surface area contributed by atoms with Gasteiger partial charge < -0.3 is 10.4 Å². The van der Waals surface area contributed by atoms with Gasteiger partial charge in [-0.05, 0) is 37.5 Å². The molecule has 0 fully saturated rings. The SMILES string of the molecule is Cc1c(C(F)F)nnc2sc3c(NCc4ccc(C(C)(C)O)cc4)ncnc3c12. The molecule has 6 nitrogen and oxygen atoms in total. The van der Waals surface area contributed by atoms with E-state index >= 15 is 0 Å². The molecule has 1 aromatic carbocycles. The fourth-order valence-corrected chi connectivity index (χ4v) is 4.26. The van der Waals surface area contributed by atoms with E-state index in [1.165, 1.54) is 17.7 Å². The summed E-state index contributed by atoms with van der Waals surface area (Å²) in [5.74, 6) is 0.613. The van der Waals surface area contributed by atoms with Gasteiger partial charge >= 0.3 is 0 Å². The van der Waals surface area contributed by atoms with Crippen LogP contribution in [0.25, 0.3) is 20.4 Å². The Morgan fingerprint density at radius 2 is 1.86 bits per heavy atom. The first-order valence-electron chi connectivity index (χ1n) is 9.00. The van der Waals surface area contributed by atoms with Crippen LogP contribution in [-0.2, 0) is 12.1 Å². The highest BCUT2D eigenvalue weighted by molar-refractivity contribution is 7.25. The molecule has 150 valence electrons. The van der Waals surface area contributed by atoms with Gasteiger partial charge in [-0.3, -0.25) is 0 Å². The molecule has 4 rings (SSSR count). The molecule has 9 heteroatoms. The summed E-state index contributed by atoms with van der Waals surface area (Å²) in [4.78, 5) is 9.17. The summed E-state index contributed by atoms with van der Waals surface area (Å²) in [7, 11) is 0. The summed E-state index contributed by atoms with van der Waals surface area (Å²) < 4.78 is 27.1. The summed E-state index contributed by atoms with van der Waals surface area (Å²) in [6, 6.07) is 7.65. The van der Waals surface area contributed by atoms with Crippen molar-refractivity contribution < 1.29 is 13.9 Å². The molecule has 3 heterocycles. The summed E-state index contributed by atoms with van der Waals surface area (Å²) in [5.41, 5.74) is 1.62. The zero-order valence-corrected chi connectivity index (χ0v) is 16.9. The predicted molar refractivity (Wildman–Crippen MR) is 109 cm³/mol. The lowest BCUT2D eigenvalue weighted by molar-refractivity contribution is 0.0786. The van der Waals surface area contributed by atoms with E-state index in [9.17, 15) is 13.9 Å². The second kappa shape index (κ2) is 7.23. The molecule has 3 aromatic heterocycles. The average Bonchev–Trinajstić information content (AvgIpc) is 3.06. The predicted octanol–water partition coefficient (Wildman–Crippen LogP) is 4.72. The molecule has 0 atom stereocenters. The lowest BCUT2D eigenvalue weighted by Crippen LogP contribution is -2.15. The van der Waals surface area contributed by atoms with Crippen molar-refractivity contribution in [3.05, 3.63) is 53.0 Å². The second-order valence-electron chi connectivity index (χ2n) is 7.30. The Kier molecular flexibility index (Phi) is 4.87. The normalized spacial score (nSPS) is 12.2. The van der Waals surface area contributed by atoms with Crippen molar-refractivity contribution in [1.29, 1.82) is 0 Å². The number of halogens is 2. The van der Waals surface area contributed by atoms with E-state index in [1.54, 1.807) is 20.8 Å². The molecule has 0 aliphatic heterocycles. The number of hydrogen-bond donors (Lipinski definition) is 2. The van der Waals surface area contributed by atoms with Gasteiger partial charge in [0, 0.05) is 11.9 Å². The van der Waals surface area contributed by atoms with Crippen molar-refractivity contribution in [3.63, 3.8) is 0 Å². The topological polar surface area (TPSA) is 83.8 Å². The summed E-state index contributed by atoms with van der Waals surface area (Å²) in [5, 5.41) is 21.6. The molecule has 0 spiro atoms. The minimum atomic E-state index is -2.69. The number of rotatable bonds is 5. The maximum absolute atomic E-state index is 13.2. The Labute approximate surface area is 169 Å². The number of aryl methyl sites for hydroxylation is 1. The van der Waals surface area contributed by atoms with Crippen molar-refractivity contribution in [2.45, 2.75) is 39.3 Å². The van der Waals surface area contributed by atoms with E-state index in [0.717, 1.165) is 15.8 Å². The first kappa shape index (κ1) is 19.5. The van der Waals surface area contributed by atoms with Crippen molar-refractivity contribution in [1.82, 2.24) is 20.2 Å². The Bertz CT molecular complexity index is 1190. The summed E-state index contributed by atoms with van der Waals surface area (Å²) in [6.45, 7) is 5.61. The van der Waals surface area contributed by atoms with Gasteiger partial charge in [-0.2, -0.15) is 0 Å². The number of hydrogen-bond acceptors (Lipinski definition) is 7. The molecule has 0 aliphatic carbocycles. The molecule has 0 saturated heterocycles. The third kappa shape index (κ3) is 3.63. The Balaban J connectivity index is 1.67. The first-order valence-corrected chi connectivity index (χ1v) is 9.81. The second-order valence-corrected chi connectivity index (χ2v) is 8.30. The molecule has 0 unspecified atom stereocenters. The number of nitrogens with one attached hydrogen (secondary N) is 1. The molecule has 0 aliphatic rings. The van der Waals surface area contributed by atoms with Crippen LogP contribution < -0.4 is 5.32 Å². The Hall–Kier alpha value is -2.78. The minimum Gasteiger partial charge on any atom is -0.386 e. The number of fused-ring (bicyclic) bond motifs is 3. The Morgan fingerprint density at radius 1 is 1.14 bits per heavy atom. The van der Waals surface area contributed by atoms with E-state index in [1.807, 2.05) is 24.3 Å². The van der Waals surface area contributed by atoms with Crippen molar-refractivity contribution in [3.8, 4) is 0 Å². The van der Waals surface area contributed by atoms with Crippen LogP contribution in [0, 0.1) is 6.92 Å². The monoisotopic (exact) mass is 415 g/mol. The number of anilines is 1. The van der Waals surface area contributed by atoms with Crippen LogP contribution in [0.4, 0.5) is 14.6 Å². The first-order chi connectivity index (χ1) is 13.8. The smallest absolute Gasteiger partial charge is 0.282 e. The van der Waals surface area contributed by atoms with Gasteiger partial charge in [-0.25, -0.2) is 18.7 Å². The van der Waals surface area contributed by atoms with Crippen molar-refractivity contribution in [2.75, 3.05) is 5.32 Å². The lowest BCUT2D eigenvalue weighted by atomic mass is 9.97. The summed E-state index contributed by atoms with van der Waals surface area (Å²) in [6.07, 6.45) is -1.27. The van der Waals surface area contributed by atoms with Crippen LogP contribution >= 0.6 is 11.3 Å². The van der Waals surface area contributed by atoms with Crippen molar-refractivity contribution >= 4 is 37.6 Å². The zero-order chi connectivity index (χ0) is 20.8. The molecule has 0 saturated carbocycles. The fraction of sp³-hybridized carbons (Fsp3) is 0.300. The number of aromatic nitrogens is 4. The van der Waals surface area contributed by atoms with E-state index in [4.69, 9.17) is 0 Å². The molecule has 0 bridgehead atoms. The van der Waals surface area contributed by atoms with E-state index in [0.29, 0.717) is 33.7 Å². The standard InChI is InChI=1S/C20H19F2N5OS/c1-10-13-15-16(29-19(13)27-26-14(10)17(21)22)18(25-9-24-15)23-8-11-4-6-12(7-5-11)20(2,3)28/h4-7,9,17,28H,8H2,1-3H3,(H,23,24,25). The van der Waals surface area contributed by atoms with Gasteiger partial charge in [0.2, 0.25) is 0 Å². The largest absolute Gasteiger partial charge is 0.386 e. The van der Waals surface area contributed by atoms with Crippen LogP contribution in [0.3, 0.4) is 0 Å². The highest BCUT2D eigenvalue weighted by Gasteiger charge is 2.21. The van der Waals surface area contributed by atoms with E-state index in [-0.39, 0.29) is 5.69 Å². The highest BCUT2D eigenvalue weighted by Crippen LogP contribution is 2.38. The number of thiophene rings is 1. The lowest BCUT2D eigenvalue weighted by Gasteiger charge is -2.18. The van der Waals surface area contributed by atoms with Crippen LogP contribution in [-0.4, -0.2) is 25.3 Å². The van der Waals surface area contributed by atoms with Gasteiger partial charge in [-0.1, -0.05) is 24.3 Å². The zero-order valence-electron chi connectivity index (χ0n) is 16.1. The molecular weight excluding hydrogens is 396 g/mol. The third-order valence-corrected chi connectivity index (χ3v) is 5.86. The van der Waals surface area contributed by atoms with E-state index < -0.39 is 12.0 Å². The minimum absolute atomic E-state index is 0.322. The molecule has 0 radical (unpaired) electrons. The van der Waals surface area contributed by atoms with Gasteiger partial charge in [-0.15, -0.1) is 21.5 Å². The van der Waals surface area contributed by atoms with Crippen LogP contribution in [0.1, 0.15) is 42.7 Å². The van der Waals surface area contributed by atoms with Gasteiger partial charge in [0.25, 0.3) is 6.43 Å². The average molecular weight is 415 g/mol. The number of alkyl halides is 2. The maximum atomic E-state index is 13.2. The quantitative estimate of drug-likeness (QED) is 0.491. The fourth-order valence-electron chi connectivity index (χ4n) is 3.16. The van der Waals surface area contributed by atoms with Gasteiger partial charge in [0.05, 0.1) is 15.8 Å². The molecule has 29 heavy (non-hydrogen) atoms. The van der Waals surface area contributed by atoms with Crippen LogP contribution in [0.15, 0.2) is 30.6 Å². The van der Waals surface area contributed by atoms with E-state index in [2.05, 4.69) is 25.5 Å². The number of nitrogens with zero attached hydrogens (tertiary/aromatic N) is 4. The van der Waals surface area contributed by atoms with Crippen molar-refractivity contribution in [2.24, 2.45) is 0 Å². The summed E-state index contributed by atoms with van der Waals surface area (Å²) >= 11 is 1.32. The van der Waals surface area contributed by atoms with Crippen LogP contribution in [0.5, 0.6) is 0 Å². The number of benzene rings is 1. The molecule has 4 aromatic rings. The molecule has 2 N–H and O–H groups in total. The van der Waals surface area contributed by atoms with Gasteiger partial charge in [0.15, 0.2) is 0 Å². The van der Waals surface area contributed by atoms with Gasteiger partial charge in [0.1, 0.15) is 22.7 Å². The third-order valence-electron chi connectivity index (χ3n) is 4.79. The molecule has 0 amide bonds. The number of aliphatic hydroxyl groups is 1. The highest BCUT2D eigenvalue weighted by atomic mass is 32.1. The maximum Gasteiger partial charge on any atom is 0.282 e.